The molecule has 0 bridgehead atoms. The number of nitrogens with zero attached hydrogens (tertiary/aromatic N) is 2. The normalized spacial score (nSPS) is 11.8. The molecular weight excluding hydrogens is 396 g/mol. The van der Waals surface area contributed by atoms with Gasteiger partial charge in [-0.3, -0.25) is 4.79 Å². The lowest BCUT2D eigenvalue weighted by Gasteiger charge is -2.01. The van der Waals surface area contributed by atoms with Gasteiger partial charge in [-0.05, 0) is 46.3 Å². The van der Waals surface area contributed by atoms with Crippen molar-refractivity contribution in [2.24, 2.45) is 4.99 Å². The van der Waals surface area contributed by atoms with Crippen LogP contribution in [0.5, 0.6) is 0 Å². The molecule has 0 saturated heterocycles. The molecule has 1 amide bonds. The van der Waals surface area contributed by atoms with Crippen LogP contribution in [-0.4, -0.2) is 10.5 Å². The minimum absolute atomic E-state index is 0.284. The highest BCUT2D eigenvalue weighted by atomic mass is 79.9. The Hall–Kier alpha value is -1.69. The lowest BCUT2D eigenvalue weighted by atomic mass is 10.2. The second-order valence-corrected chi connectivity index (χ2v) is 7.09. The predicted octanol–water partition coefficient (Wildman–Crippen LogP) is 5.05. The van der Waals surface area contributed by atoms with Gasteiger partial charge in [0.25, 0.3) is 5.91 Å². The highest BCUT2D eigenvalue weighted by molar-refractivity contribution is 9.10. The third kappa shape index (κ3) is 3.32. The van der Waals surface area contributed by atoms with Crippen LogP contribution in [0, 0.1) is 0 Å². The van der Waals surface area contributed by atoms with Gasteiger partial charge >= 0.3 is 0 Å². The molecule has 3 aromatic rings. The molecule has 0 radical (unpaired) electrons. The van der Waals surface area contributed by atoms with Gasteiger partial charge in [0.15, 0.2) is 4.80 Å². The van der Waals surface area contributed by atoms with E-state index in [-0.39, 0.29) is 5.91 Å². The predicted molar refractivity (Wildman–Crippen MR) is 99.1 cm³/mol. The van der Waals surface area contributed by atoms with Crippen LogP contribution in [0.4, 0.5) is 0 Å². The van der Waals surface area contributed by atoms with E-state index in [1.807, 2.05) is 41.0 Å². The summed E-state index contributed by atoms with van der Waals surface area (Å²) in [7, 11) is 0. The standard InChI is InChI=1S/C17H12BrClN2OS/c1-2-9-21-14-8-7-11(19)10-15(14)23-17(21)20-16(22)12-5-3-4-6-13(12)18/h2-8,10H,1,9H2. The summed E-state index contributed by atoms with van der Waals surface area (Å²) in [6.07, 6.45) is 1.78. The molecule has 0 N–H and O–H groups in total. The van der Waals surface area contributed by atoms with Crippen LogP contribution in [0.15, 0.2) is 64.6 Å². The first-order chi connectivity index (χ1) is 11.1. The second-order valence-electron chi connectivity index (χ2n) is 4.79. The summed E-state index contributed by atoms with van der Waals surface area (Å²) in [5.41, 5.74) is 1.52. The van der Waals surface area contributed by atoms with Crippen LogP contribution >= 0.6 is 38.9 Å². The van der Waals surface area contributed by atoms with E-state index < -0.39 is 0 Å². The monoisotopic (exact) mass is 406 g/mol. The zero-order valence-corrected chi connectivity index (χ0v) is 15.2. The number of carbonyl (C=O) groups excluding carboxylic acids is 1. The Labute approximate surface area is 150 Å². The number of benzene rings is 2. The Bertz CT molecular complexity index is 974. The fourth-order valence-electron chi connectivity index (χ4n) is 2.22. The van der Waals surface area contributed by atoms with Gasteiger partial charge in [0.05, 0.1) is 15.8 Å². The molecule has 0 spiro atoms. The Morgan fingerprint density at radius 1 is 1.35 bits per heavy atom. The molecule has 0 aliphatic heterocycles. The molecule has 0 aliphatic rings. The van der Waals surface area contributed by atoms with E-state index in [0.29, 0.717) is 21.9 Å². The number of fused-ring (bicyclic) bond motifs is 1. The van der Waals surface area contributed by atoms with E-state index in [9.17, 15) is 4.79 Å². The highest BCUT2D eigenvalue weighted by Gasteiger charge is 2.11. The summed E-state index contributed by atoms with van der Waals surface area (Å²) in [6, 6.07) is 12.9. The maximum absolute atomic E-state index is 12.5. The van der Waals surface area contributed by atoms with Crippen molar-refractivity contribution in [2.75, 3.05) is 0 Å². The first kappa shape index (κ1) is 16.2. The van der Waals surface area contributed by atoms with Crippen LogP contribution in [-0.2, 0) is 6.54 Å². The van der Waals surface area contributed by atoms with Gasteiger partial charge in [-0.15, -0.1) is 6.58 Å². The number of amides is 1. The number of allylic oxidation sites excluding steroid dienone is 1. The molecule has 3 nitrogen and oxygen atoms in total. The third-order valence-corrected chi connectivity index (χ3v) is 5.23. The van der Waals surface area contributed by atoms with Crippen molar-refractivity contribution in [3.8, 4) is 0 Å². The van der Waals surface area contributed by atoms with Crippen molar-refractivity contribution in [2.45, 2.75) is 6.54 Å². The zero-order chi connectivity index (χ0) is 16.4. The van der Waals surface area contributed by atoms with Crippen LogP contribution in [0.3, 0.4) is 0 Å². The van der Waals surface area contributed by atoms with E-state index >= 15 is 0 Å². The van der Waals surface area contributed by atoms with E-state index in [2.05, 4.69) is 27.5 Å². The highest BCUT2D eigenvalue weighted by Crippen LogP contribution is 2.22. The summed E-state index contributed by atoms with van der Waals surface area (Å²) in [5, 5.41) is 0.660. The summed E-state index contributed by atoms with van der Waals surface area (Å²) < 4.78 is 3.67. The lowest BCUT2D eigenvalue weighted by Crippen LogP contribution is -2.16. The van der Waals surface area contributed by atoms with Crippen LogP contribution in [0.25, 0.3) is 10.2 Å². The van der Waals surface area contributed by atoms with Gasteiger partial charge in [-0.2, -0.15) is 4.99 Å². The van der Waals surface area contributed by atoms with E-state index in [1.165, 1.54) is 11.3 Å². The average Bonchev–Trinajstić information content (AvgIpc) is 2.84. The fraction of sp³-hybridized carbons (Fsp3) is 0.0588. The molecule has 23 heavy (non-hydrogen) atoms. The van der Waals surface area contributed by atoms with Gasteiger partial charge in [0.2, 0.25) is 0 Å². The van der Waals surface area contributed by atoms with Crippen LogP contribution < -0.4 is 4.80 Å². The molecule has 0 fully saturated rings. The molecule has 116 valence electrons. The quantitative estimate of drug-likeness (QED) is 0.560. The molecule has 0 unspecified atom stereocenters. The number of rotatable bonds is 3. The Morgan fingerprint density at radius 3 is 2.87 bits per heavy atom. The van der Waals surface area contributed by atoms with Gasteiger partial charge in [-0.1, -0.05) is 41.1 Å². The maximum Gasteiger partial charge on any atom is 0.280 e. The van der Waals surface area contributed by atoms with Gasteiger partial charge in [-0.25, -0.2) is 0 Å². The Balaban J connectivity index is 2.18. The minimum Gasteiger partial charge on any atom is -0.312 e. The molecule has 3 rings (SSSR count). The summed E-state index contributed by atoms with van der Waals surface area (Å²) >= 11 is 10.9. The molecule has 1 aromatic heterocycles. The third-order valence-electron chi connectivity index (χ3n) is 3.26. The Kier molecular flexibility index (Phi) is 4.80. The summed E-state index contributed by atoms with van der Waals surface area (Å²) in [6.45, 7) is 4.35. The maximum atomic E-state index is 12.5. The number of carbonyl (C=O) groups is 1. The minimum atomic E-state index is -0.284. The first-order valence-electron chi connectivity index (χ1n) is 6.83. The summed E-state index contributed by atoms with van der Waals surface area (Å²) in [4.78, 5) is 17.4. The van der Waals surface area contributed by atoms with E-state index in [0.717, 1.165) is 14.7 Å². The second kappa shape index (κ2) is 6.83. The SMILES string of the molecule is C=CCn1c(=NC(=O)c2ccccc2Br)sc2cc(Cl)ccc21. The number of aromatic nitrogens is 1. The molecule has 1 heterocycles. The van der Waals surface area contributed by atoms with E-state index in [4.69, 9.17) is 11.6 Å². The molecule has 0 atom stereocenters. The number of thiazole rings is 1. The molecule has 0 saturated carbocycles. The van der Waals surface area contributed by atoms with Crippen molar-refractivity contribution in [3.05, 3.63) is 75.0 Å². The zero-order valence-electron chi connectivity index (χ0n) is 12.0. The van der Waals surface area contributed by atoms with Gasteiger partial charge in [0, 0.05) is 16.0 Å². The van der Waals surface area contributed by atoms with Gasteiger partial charge in [0.1, 0.15) is 0 Å². The molecule has 2 aromatic carbocycles. The van der Waals surface area contributed by atoms with Crippen molar-refractivity contribution < 1.29 is 4.79 Å². The van der Waals surface area contributed by atoms with Crippen LogP contribution in [0.1, 0.15) is 10.4 Å². The Morgan fingerprint density at radius 2 is 2.13 bits per heavy atom. The average molecular weight is 408 g/mol. The first-order valence-corrected chi connectivity index (χ1v) is 8.82. The number of hydrogen-bond acceptors (Lipinski definition) is 2. The number of halogens is 2. The number of hydrogen-bond donors (Lipinski definition) is 0. The summed E-state index contributed by atoms with van der Waals surface area (Å²) in [5.74, 6) is -0.284. The van der Waals surface area contributed by atoms with Crippen molar-refractivity contribution in [1.29, 1.82) is 0 Å². The smallest absolute Gasteiger partial charge is 0.280 e. The fourth-order valence-corrected chi connectivity index (χ4v) is 3.99. The molecular formula is C17H12BrClN2OS. The van der Waals surface area contributed by atoms with Crippen LogP contribution in [0.2, 0.25) is 5.02 Å². The topological polar surface area (TPSA) is 34.4 Å². The molecule has 0 aliphatic carbocycles. The lowest BCUT2D eigenvalue weighted by molar-refractivity contribution is 0.0997. The van der Waals surface area contributed by atoms with Crippen molar-refractivity contribution in [3.63, 3.8) is 0 Å². The van der Waals surface area contributed by atoms with E-state index in [1.54, 1.807) is 12.1 Å². The van der Waals surface area contributed by atoms with Crippen molar-refractivity contribution in [1.82, 2.24) is 4.57 Å². The molecule has 6 heteroatoms. The van der Waals surface area contributed by atoms with Gasteiger partial charge < -0.3 is 4.57 Å². The van der Waals surface area contributed by atoms with Crippen molar-refractivity contribution >= 4 is 55.0 Å². The largest absolute Gasteiger partial charge is 0.312 e.